The predicted molar refractivity (Wildman–Crippen MR) is 517 cm³/mol. The highest BCUT2D eigenvalue weighted by molar-refractivity contribution is 7.89. The van der Waals surface area contributed by atoms with Crippen LogP contribution in [0.1, 0.15) is 213 Å². The van der Waals surface area contributed by atoms with Crippen LogP contribution in [0.4, 0.5) is 34.1 Å². The summed E-state index contributed by atoms with van der Waals surface area (Å²) in [7, 11) is -3.72. The van der Waals surface area contributed by atoms with Crippen LogP contribution >= 0.6 is 23.2 Å². The molecule has 0 aliphatic carbocycles. The number of rotatable bonds is 54. The smallest absolute Gasteiger partial charge is 0.338 e. The normalized spacial score (nSPS) is 11.8. The number of sulfonamides is 2. The molecule has 0 bridgehead atoms. The maximum atomic E-state index is 14.9. The molecular weight excluding hydrogens is 1690 g/mol. The summed E-state index contributed by atoms with van der Waals surface area (Å²) in [4.78, 5) is 95.2. The van der Waals surface area contributed by atoms with Crippen LogP contribution in [0.5, 0.6) is 17.2 Å². The lowest BCUT2D eigenvalue weighted by molar-refractivity contribution is -0.111. The number of ether oxygens (including phenoxy) is 5. The molecule has 2 amide bonds. The highest BCUT2D eigenvalue weighted by atomic mass is 35.5. The van der Waals surface area contributed by atoms with Crippen LogP contribution in [-0.2, 0) is 52.2 Å². The molecule has 0 fully saturated rings. The molecule has 0 spiro atoms. The number of carbonyl (C=O) groups excluding carboxylic acids is 3. The zero-order chi connectivity index (χ0) is 91.8. The number of hydrogen-bond acceptors (Lipinski definition) is 20. The Kier molecular flexibility index (Phi) is 42.7. The first-order chi connectivity index (χ1) is 61.1. The van der Waals surface area contributed by atoms with Crippen LogP contribution in [0.2, 0.25) is 10.0 Å². The molecule has 26 nitrogen and oxygen atoms in total. The van der Waals surface area contributed by atoms with Crippen molar-refractivity contribution in [1.82, 2.24) is 28.5 Å². The number of anilines is 4. The predicted octanol–water partition coefficient (Wildman–Crippen LogP) is 19.5. The third-order valence-electron chi connectivity index (χ3n) is 21.7. The van der Waals surface area contributed by atoms with Crippen molar-refractivity contribution in [3.8, 4) is 17.2 Å². The van der Waals surface area contributed by atoms with Gasteiger partial charge in [-0.2, -0.15) is 0 Å². The number of nitrogens with zero attached hydrogens (tertiary/aromatic N) is 8. The Morgan fingerprint density at radius 3 is 1.47 bits per heavy atom. The minimum absolute atomic E-state index is 0.0272. The first-order valence-electron chi connectivity index (χ1n) is 44.7. The van der Waals surface area contributed by atoms with Crippen molar-refractivity contribution in [2.75, 3.05) is 113 Å². The maximum Gasteiger partial charge on any atom is 0.338 e. The summed E-state index contributed by atoms with van der Waals surface area (Å²) in [5.41, 5.74) is 6.51. The molecule has 0 radical (unpaired) electrons. The van der Waals surface area contributed by atoms with Crippen molar-refractivity contribution < 1.29 is 54.9 Å². The van der Waals surface area contributed by atoms with Crippen LogP contribution in [0.25, 0.3) is 21.8 Å². The minimum Gasteiger partial charge on any atom is -0.495 e. The van der Waals surface area contributed by atoms with Gasteiger partial charge in [-0.25, -0.2) is 51.0 Å². The van der Waals surface area contributed by atoms with Gasteiger partial charge in [-0.1, -0.05) is 195 Å². The van der Waals surface area contributed by atoms with Crippen molar-refractivity contribution in [2.24, 2.45) is 9.98 Å². The summed E-state index contributed by atoms with van der Waals surface area (Å²) in [5, 5.41) is 6.88. The van der Waals surface area contributed by atoms with Crippen LogP contribution in [0, 0.1) is 27.7 Å². The quantitative estimate of drug-likeness (QED) is 0.0156. The van der Waals surface area contributed by atoms with Gasteiger partial charge in [0.05, 0.1) is 95.1 Å². The molecule has 0 atom stereocenters. The molecule has 2 aromatic heterocycles. The SMILES string of the molecule is CCCCCCCCCCCCOC(=O)c1ccc(OC)c(NC(=O)C(=Nc2ccc(N(CC)CCNS(C)(=O)=O)cc2C)c2nc3ccccc3c(=O)n2CCCOc2ccc(C)cc2C)c1.CCCCCCCCCCCCOCCCn1c(C(=Nc2ccc(N(CC)CCNS(C)(=O)=O)cc2C)C(=O)Nc2ccccc2OC)nc2c(Cl)cc(Cl)cc2c1=O. The molecule has 9 aromatic rings. The van der Waals surface area contributed by atoms with Crippen molar-refractivity contribution in [3.05, 3.63) is 204 Å². The lowest BCUT2D eigenvalue weighted by Crippen LogP contribution is -2.34. The van der Waals surface area contributed by atoms with E-state index >= 15 is 0 Å². The number of para-hydroxylation sites is 3. The standard InChI is InChI=1S/C53H70N6O8S.C44H60Cl2N6O6S/c1-8-10-11-12-13-14-15-16-17-20-33-67-53(62)41-25-29-48(65-6)46(37-41)57-51(60)49(55-44-27-26-42(36-39(44)4)58(9-2)32-30-54-68(7,63)64)50-56-45-23-19-18-22-43(45)52(61)59(50)31-21-34-66-47-28-24-38(3)35-40(47)5;1-6-8-9-10-11-12-13-14-15-18-27-58-28-19-25-52-42(50-40-35(44(52)54)30-33(45)31-36(40)46)41(43(53)49-38-20-16-17-21-39(38)57-4)48-37-23-22-34(29-32(37)3)51(7-2)26-24-47-59(5,55)56/h18-19,22-29,35-37,54H,8-17,20-21,30-34H2,1-7H3,(H,57,60);16-17,20-23,29-31,47H,6-15,18-19,24-28H2,1-5H3,(H,49,53). The molecule has 127 heavy (non-hydrogen) atoms. The van der Waals surface area contributed by atoms with Crippen LogP contribution in [0.15, 0.2) is 153 Å². The molecule has 0 unspecified atom stereocenters. The highest BCUT2D eigenvalue weighted by Crippen LogP contribution is 2.33. The van der Waals surface area contributed by atoms with Gasteiger partial charge in [0.25, 0.3) is 22.9 Å². The van der Waals surface area contributed by atoms with Crippen molar-refractivity contribution >= 4 is 128 Å². The van der Waals surface area contributed by atoms with E-state index in [2.05, 4.69) is 33.9 Å². The Morgan fingerprint density at radius 1 is 0.472 bits per heavy atom. The number of fused-ring (bicyclic) bond motifs is 2. The van der Waals surface area contributed by atoms with E-state index in [1.165, 1.54) is 138 Å². The van der Waals surface area contributed by atoms with Gasteiger partial charge in [0.2, 0.25) is 20.0 Å². The zero-order valence-corrected chi connectivity index (χ0v) is 79.3. The number of unbranched alkanes of at least 4 members (excludes halogenated alkanes) is 18. The lowest BCUT2D eigenvalue weighted by atomic mass is 10.1. The zero-order valence-electron chi connectivity index (χ0n) is 76.1. The molecule has 0 saturated heterocycles. The average Bonchev–Trinajstić information content (AvgIpc) is 0.747. The van der Waals surface area contributed by atoms with Gasteiger partial charge in [-0.05, 0) is 181 Å². The number of esters is 1. The van der Waals surface area contributed by atoms with E-state index in [0.717, 1.165) is 78.4 Å². The number of amides is 2. The largest absolute Gasteiger partial charge is 0.495 e. The van der Waals surface area contributed by atoms with E-state index in [-0.39, 0.29) is 100 Å². The van der Waals surface area contributed by atoms with Crippen LogP contribution in [0.3, 0.4) is 0 Å². The number of aryl methyl sites for hydroxylation is 4. The summed E-state index contributed by atoms with van der Waals surface area (Å²) in [6, 6.07) is 38.7. The number of likely N-dealkylation sites (N-methyl/N-ethyl adjacent to an activating group) is 2. The molecular formula is C97H130Cl2N12O14S2. The Balaban J connectivity index is 0.000000317. The summed E-state index contributed by atoms with van der Waals surface area (Å²) in [5.74, 6) is -0.311. The Hall–Kier alpha value is -10.1. The Bertz CT molecular complexity index is 5550. The molecule has 0 aliphatic rings. The fourth-order valence-corrected chi connectivity index (χ4v) is 16.3. The van der Waals surface area contributed by atoms with Crippen molar-refractivity contribution in [3.63, 3.8) is 0 Å². The first kappa shape index (κ1) is 102. The molecule has 4 N–H and O–H groups in total. The number of halogens is 2. The van der Waals surface area contributed by atoms with E-state index < -0.39 is 43.4 Å². The molecule has 0 saturated carbocycles. The molecule has 0 aliphatic heterocycles. The van der Waals surface area contributed by atoms with Gasteiger partial charge in [-0.15, -0.1) is 0 Å². The van der Waals surface area contributed by atoms with Gasteiger partial charge in [0.1, 0.15) is 17.2 Å². The lowest BCUT2D eigenvalue weighted by Gasteiger charge is -2.24. The van der Waals surface area contributed by atoms with Gasteiger partial charge < -0.3 is 44.1 Å². The average molecular weight is 1820 g/mol. The third kappa shape index (κ3) is 32.9. The molecule has 30 heteroatoms. The topological polar surface area (TPSA) is 315 Å². The second-order valence-corrected chi connectivity index (χ2v) is 36.4. The molecule has 7 aromatic carbocycles. The van der Waals surface area contributed by atoms with Crippen LogP contribution in [-0.4, -0.2) is 158 Å². The van der Waals surface area contributed by atoms with Crippen LogP contribution < -0.4 is 55.2 Å². The highest BCUT2D eigenvalue weighted by Gasteiger charge is 2.28. The van der Waals surface area contributed by atoms with Gasteiger partial charge in [0.15, 0.2) is 23.1 Å². The monoisotopic (exact) mass is 1820 g/mol. The van der Waals surface area contributed by atoms with E-state index in [0.29, 0.717) is 97.3 Å². The molecule has 688 valence electrons. The molecule has 9 rings (SSSR count). The number of benzene rings is 7. The number of methoxy groups -OCH3 is 2. The second-order valence-electron chi connectivity index (χ2n) is 31.9. The maximum absolute atomic E-state index is 14.9. The van der Waals surface area contributed by atoms with E-state index in [9.17, 15) is 40.8 Å². The fraction of sp³-hybridized carbons (Fsp3) is 0.474. The van der Waals surface area contributed by atoms with Gasteiger partial charge >= 0.3 is 5.97 Å². The summed E-state index contributed by atoms with van der Waals surface area (Å²) in [6.07, 6.45) is 27.2. The third-order valence-corrected chi connectivity index (χ3v) is 23.7. The number of hydrogen-bond donors (Lipinski definition) is 4. The number of carbonyl (C=O) groups is 3. The fourth-order valence-electron chi connectivity index (χ4n) is 14.8. The summed E-state index contributed by atoms with van der Waals surface area (Å²) < 4.78 is 83.8. The van der Waals surface area contributed by atoms with Crippen molar-refractivity contribution in [1.29, 1.82) is 0 Å². The Labute approximate surface area is 760 Å². The summed E-state index contributed by atoms with van der Waals surface area (Å²) in [6.45, 7) is 20.7. The second kappa shape index (κ2) is 53.0. The van der Waals surface area contributed by atoms with E-state index in [1.54, 1.807) is 72.8 Å². The van der Waals surface area contributed by atoms with E-state index in [4.69, 9.17) is 66.8 Å². The number of nitrogens with one attached hydrogen (secondary N) is 4. The molecule has 2 heterocycles. The number of aromatic nitrogens is 4. The van der Waals surface area contributed by atoms with Gasteiger partial charge in [-0.3, -0.25) is 28.3 Å². The Morgan fingerprint density at radius 2 is 0.945 bits per heavy atom. The van der Waals surface area contributed by atoms with Crippen molar-refractivity contribution in [2.45, 2.75) is 210 Å². The first-order valence-corrected chi connectivity index (χ1v) is 49.2. The minimum atomic E-state index is -3.36. The summed E-state index contributed by atoms with van der Waals surface area (Å²) >= 11 is 13.0. The van der Waals surface area contributed by atoms with E-state index in [1.807, 2.05) is 93.8 Å². The number of aliphatic imine (C=N–C) groups is 2. The van der Waals surface area contributed by atoms with Gasteiger partial charge in [0, 0.05) is 82.0 Å².